The van der Waals surface area contributed by atoms with Gasteiger partial charge in [0.25, 0.3) is 5.56 Å². The molecule has 7 heteroatoms. The first-order chi connectivity index (χ1) is 8.06. The Balaban J connectivity index is 2.38. The molecule has 0 saturated heterocycles. The zero-order chi connectivity index (χ0) is 12.4. The molecule has 2 aromatic heterocycles. The second kappa shape index (κ2) is 4.50. The van der Waals surface area contributed by atoms with Gasteiger partial charge >= 0.3 is 6.01 Å². The summed E-state index contributed by atoms with van der Waals surface area (Å²) in [5.74, 6) is 0.125. The first-order valence-electron chi connectivity index (χ1n) is 4.79. The maximum absolute atomic E-state index is 11.2. The lowest BCUT2D eigenvalue weighted by molar-refractivity contribution is 0.435. The van der Waals surface area contributed by atoms with Gasteiger partial charge in [-0.2, -0.15) is 5.10 Å². The second-order valence-electron chi connectivity index (χ2n) is 3.41. The predicted octanol–water partition coefficient (Wildman–Crippen LogP) is 1.62. The van der Waals surface area contributed by atoms with E-state index in [2.05, 4.69) is 20.2 Å². The minimum atomic E-state index is -0.520. The first kappa shape index (κ1) is 11.5. The van der Waals surface area contributed by atoms with Gasteiger partial charge in [0.2, 0.25) is 0 Å². The highest BCUT2D eigenvalue weighted by atomic mass is 35.5. The summed E-state index contributed by atoms with van der Waals surface area (Å²) < 4.78 is 5.31. The lowest BCUT2D eigenvalue weighted by atomic mass is 10.4. The highest BCUT2D eigenvalue weighted by Crippen LogP contribution is 2.22. The second-order valence-corrected chi connectivity index (χ2v) is 3.79. The Morgan fingerprint density at radius 2 is 1.94 bits per heavy atom. The molecule has 0 aliphatic rings. The molecule has 88 valence electrons. The van der Waals surface area contributed by atoms with E-state index < -0.39 is 5.56 Å². The summed E-state index contributed by atoms with van der Waals surface area (Å²) >= 11 is 5.76. The molecule has 2 aromatic rings. The lowest BCUT2D eigenvalue weighted by Crippen LogP contribution is -2.09. The van der Waals surface area contributed by atoms with Crippen LogP contribution in [0, 0.1) is 13.8 Å². The number of rotatable bonds is 2. The van der Waals surface area contributed by atoms with Crippen molar-refractivity contribution >= 4 is 11.6 Å². The molecular weight excluding hydrogens is 244 g/mol. The Morgan fingerprint density at radius 3 is 2.59 bits per heavy atom. The van der Waals surface area contributed by atoms with Crippen LogP contribution in [-0.2, 0) is 0 Å². The zero-order valence-corrected chi connectivity index (χ0v) is 9.95. The number of aryl methyl sites for hydroxylation is 2. The molecule has 2 rings (SSSR count). The third-order valence-corrected chi connectivity index (χ3v) is 2.28. The molecule has 0 aliphatic heterocycles. The van der Waals surface area contributed by atoms with Crippen LogP contribution in [0.3, 0.4) is 0 Å². The van der Waals surface area contributed by atoms with E-state index in [1.54, 1.807) is 0 Å². The van der Waals surface area contributed by atoms with Gasteiger partial charge in [-0.1, -0.05) is 11.6 Å². The standard InChI is InChI=1S/C10H9ClN4O2/c1-5-3-6(2)14-10(13-5)17-7-4-12-15-9(16)8(7)11/h3-4H,1-2H3,(H,15,16). The van der Waals surface area contributed by atoms with Crippen molar-refractivity contribution in [1.29, 1.82) is 0 Å². The molecule has 0 aliphatic carbocycles. The molecule has 0 radical (unpaired) electrons. The van der Waals surface area contributed by atoms with Crippen molar-refractivity contribution in [2.24, 2.45) is 0 Å². The van der Waals surface area contributed by atoms with E-state index in [4.69, 9.17) is 16.3 Å². The fraction of sp³-hybridized carbons (Fsp3) is 0.200. The van der Waals surface area contributed by atoms with E-state index in [9.17, 15) is 4.79 Å². The van der Waals surface area contributed by atoms with Crippen LogP contribution >= 0.6 is 11.6 Å². The van der Waals surface area contributed by atoms with Gasteiger partial charge < -0.3 is 4.74 Å². The summed E-state index contributed by atoms with van der Waals surface area (Å²) in [6.07, 6.45) is 1.30. The number of aromatic amines is 1. The Kier molecular flexibility index (Phi) is 3.06. The molecule has 0 saturated carbocycles. The summed E-state index contributed by atoms with van der Waals surface area (Å²) in [4.78, 5) is 19.3. The van der Waals surface area contributed by atoms with E-state index in [1.165, 1.54) is 6.20 Å². The number of ether oxygens (including phenoxy) is 1. The summed E-state index contributed by atoms with van der Waals surface area (Å²) in [7, 11) is 0. The van der Waals surface area contributed by atoms with Crippen LogP contribution in [0.2, 0.25) is 5.02 Å². The van der Waals surface area contributed by atoms with E-state index in [0.29, 0.717) is 0 Å². The number of nitrogens with zero attached hydrogens (tertiary/aromatic N) is 3. The van der Waals surface area contributed by atoms with Crippen LogP contribution in [-0.4, -0.2) is 20.2 Å². The third kappa shape index (κ3) is 2.59. The molecule has 0 fully saturated rings. The number of hydrogen-bond donors (Lipinski definition) is 1. The number of nitrogens with one attached hydrogen (secondary N) is 1. The van der Waals surface area contributed by atoms with Gasteiger partial charge in [-0.15, -0.1) is 0 Å². The van der Waals surface area contributed by atoms with Crippen LogP contribution in [0.25, 0.3) is 0 Å². The van der Waals surface area contributed by atoms with E-state index in [1.807, 2.05) is 19.9 Å². The maximum Gasteiger partial charge on any atom is 0.322 e. The van der Waals surface area contributed by atoms with Crippen molar-refractivity contribution in [2.45, 2.75) is 13.8 Å². The molecule has 17 heavy (non-hydrogen) atoms. The van der Waals surface area contributed by atoms with Gasteiger partial charge in [0.05, 0.1) is 6.20 Å². The molecule has 0 aromatic carbocycles. The van der Waals surface area contributed by atoms with Gasteiger partial charge in [0, 0.05) is 11.4 Å². The quantitative estimate of drug-likeness (QED) is 0.878. The van der Waals surface area contributed by atoms with Gasteiger partial charge in [-0.05, 0) is 19.9 Å². The van der Waals surface area contributed by atoms with Crippen molar-refractivity contribution < 1.29 is 4.74 Å². The van der Waals surface area contributed by atoms with E-state index in [0.717, 1.165) is 11.4 Å². The van der Waals surface area contributed by atoms with Crippen LogP contribution in [0.15, 0.2) is 17.1 Å². The number of hydrogen-bond acceptors (Lipinski definition) is 5. The normalized spacial score (nSPS) is 10.3. The largest absolute Gasteiger partial charge is 0.421 e. The van der Waals surface area contributed by atoms with E-state index >= 15 is 0 Å². The van der Waals surface area contributed by atoms with Crippen molar-refractivity contribution in [2.75, 3.05) is 0 Å². The zero-order valence-electron chi connectivity index (χ0n) is 9.19. The topological polar surface area (TPSA) is 80.8 Å². The minimum Gasteiger partial charge on any atom is -0.421 e. The summed E-state index contributed by atoms with van der Waals surface area (Å²) in [6.45, 7) is 3.64. The highest BCUT2D eigenvalue weighted by Gasteiger charge is 2.09. The molecule has 0 atom stereocenters. The molecular formula is C10H9ClN4O2. The predicted molar refractivity (Wildman–Crippen MR) is 61.4 cm³/mol. The maximum atomic E-state index is 11.2. The van der Waals surface area contributed by atoms with Crippen LogP contribution in [0.5, 0.6) is 11.8 Å². The molecule has 0 bridgehead atoms. The SMILES string of the molecule is Cc1cc(C)nc(Oc2cn[nH]c(=O)c2Cl)n1. The number of H-pyrrole nitrogens is 1. The monoisotopic (exact) mass is 252 g/mol. The Labute approximate surface area is 102 Å². The van der Waals surface area contributed by atoms with Crippen molar-refractivity contribution in [3.63, 3.8) is 0 Å². The minimum absolute atomic E-state index is 0.0808. The Bertz CT molecular complexity index is 591. The number of aromatic nitrogens is 4. The summed E-state index contributed by atoms with van der Waals surface area (Å²) in [6, 6.07) is 1.95. The van der Waals surface area contributed by atoms with Gasteiger partial charge in [-0.25, -0.2) is 15.1 Å². The van der Waals surface area contributed by atoms with Crippen molar-refractivity contribution in [3.05, 3.63) is 39.0 Å². The van der Waals surface area contributed by atoms with Crippen LogP contribution in [0.4, 0.5) is 0 Å². The summed E-state index contributed by atoms with van der Waals surface area (Å²) in [5.41, 5.74) is 1.01. The Morgan fingerprint density at radius 1 is 1.29 bits per heavy atom. The van der Waals surface area contributed by atoms with E-state index in [-0.39, 0.29) is 16.8 Å². The molecule has 0 unspecified atom stereocenters. The fourth-order valence-electron chi connectivity index (χ4n) is 1.28. The highest BCUT2D eigenvalue weighted by molar-refractivity contribution is 6.31. The first-order valence-corrected chi connectivity index (χ1v) is 5.17. The van der Waals surface area contributed by atoms with Crippen molar-refractivity contribution in [3.8, 4) is 11.8 Å². The molecule has 6 nitrogen and oxygen atoms in total. The molecule has 0 spiro atoms. The molecule has 1 N–H and O–H groups in total. The van der Waals surface area contributed by atoms with Crippen LogP contribution in [0.1, 0.15) is 11.4 Å². The van der Waals surface area contributed by atoms with Gasteiger partial charge in [0.1, 0.15) is 0 Å². The summed E-state index contributed by atoms with van der Waals surface area (Å²) in [5, 5.41) is 5.69. The number of halogens is 1. The van der Waals surface area contributed by atoms with Gasteiger partial charge in [-0.3, -0.25) is 4.79 Å². The molecule has 0 amide bonds. The van der Waals surface area contributed by atoms with Crippen molar-refractivity contribution in [1.82, 2.24) is 20.2 Å². The smallest absolute Gasteiger partial charge is 0.322 e. The third-order valence-electron chi connectivity index (χ3n) is 1.93. The lowest BCUT2D eigenvalue weighted by Gasteiger charge is -2.05. The Hall–Kier alpha value is -1.95. The average molecular weight is 253 g/mol. The fourth-order valence-corrected chi connectivity index (χ4v) is 1.41. The van der Waals surface area contributed by atoms with Gasteiger partial charge in [0.15, 0.2) is 10.8 Å². The van der Waals surface area contributed by atoms with Crippen LogP contribution < -0.4 is 10.3 Å². The molecule has 2 heterocycles. The average Bonchev–Trinajstić information content (AvgIpc) is 2.23.